The second kappa shape index (κ2) is 10.2. The number of aromatic nitrogens is 3. The van der Waals surface area contributed by atoms with Crippen molar-refractivity contribution in [2.24, 2.45) is 5.10 Å². The van der Waals surface area contributed by atoms with E-state index in [9.17, 15) is 9.59 Å². The van der Waals surface area contributed by atoms with Crippen LogP contribution >= 0.6 is 11.8 Å². The van der Waals surface area contributed by atoms with E-state index >= 15 is 0 Å². The number of nitrogens with zero attached hydrogens (tertiary/aromatic N) is 4. The third kappa shape index (κ3) is 4.90. The second-order valence-corrected chi connectivity index (χ2v) is 8.38. The molecule has 0 aliphatic carbocycles. The number of para-hydroxylation sites is 2. The molecule has 35 heavy (non-hydrogen) atoms. The van der Waals surface area contributed by atoms with Crippen LogP contribution in [0.1, 0.15) is 5.56 Å². The number of hydrogen-bond acceptors (Lipinski definition) is 7. The highest BCUT2D eigenvalue weighted by atomic mass is 32.2. The number of nitrogens with one attached hydrogen (secondary N) is 1. The normalized spacial score (nSPS) is 11.2. The molecule has 1 amide bonds. The first-order valence-electron chi connectivity index (χ1n) is 10.7. The quantitative estimate of drug-likeness (QED) is 0.211. The Morgan fingerprint density at radius 2 is 1.69 bits per heavy atom. The van der Waals surface area contributed by atoms with Crippen LogP contribution < -0.4 is 10.9 Å². The van der Waals surface area contributed by atoms with E-state index in [1.165, 1.54) is 24.2 Å². The molecule has 0 saturated heterocycles. The summed E-state index contributed by atoms with van der Waals surface area (Å²) < 4.78 is 7.37. The highest BCUT2D eigenvalue weighted by molar-refractivity contribution is 7.99. The van der Waals surface area contributed by atoms with Gasteiger partial charge < -0.3 is 4.42 Å². The van der Waals surface area contributed by atoms with E-state index < -0.39 is 0 Å². The van der Waals surface area contributed by atoms with Crippen molar-refractivity contribution in [2.45, 2.75) is 5.16 Å². The summed E-state index contributed by atoms with van der Waals surface area (Å²) in [4.78, 5) is 24.9. The van der Waals surface area contributed by atoms with Crippen LogP contribution in [0.3, 0.4) is 0 Å². The van der Waals surface area contributed by atoms with Gasteiger partial charge in [0.2, 0.25) is 5.43 Å². The first kappa shape index (κ1) is 22.3. The summed E-state index contributed by atoms with van der Waals surface area (Å²) in [5.41, 5.74) is 4.77. The summed E-state index contributed by atoms with van der Waals surface area (Å²) in [7, 11) is 0. The van der Waals surface area contributed by atoms with Gasteiger partial charge in [-0.3, -0.25) is 14.2 Å². The van der Waals surface area contributed by atoms with Crippen molar-refractivity contribution in [1.82, 2.24) is 20.2 Å². The van der Waals surface area contributed by atoms with Crippen LogP contribution in [0.2, 0.25) is 0 Å². The van der Waals surface area contributed by atoms with Crippen LogP contribution in [0.25, 0.3) is 28.0 Å². The molecule has 0 aliphatic heterocycles. The summed E-state index contributed by atoms with van der Waals surface area (Å²) >= 11 is 1.24. The van der Waals surface area contributed by atoms with E-state index in [2.05, 4.69) is 20.7 Å². The van der Waals surface area contributed by atoms with Crippen molar-refractivity contribution in [1.29, 1.82) is 0 Å². The Balaban J connectivity index is 1.30. The topological polar surface area (TPSA) is 102 Å². The Hall–Kier alpha value is -4.50. The van der Waals surface area contributed by atoms with Gasteiger partial charge in [-0.1, -0.05) is 72.4 Å². The number of carbonyl (C=O) groups excluding carboxylic acids is 1. The fourth-order valence-electron chi connectivity index (χ4n) is 3.47. The molecule has 9 heteroatoms. The summed E-state index contributed by atoms with van der Waals surface area (Å²) in [6, 6.07) is 26.4. The van der Waals surface area contributed by atoms with Gasteiger partial charge in [0.15, 0.2) is 11.0 Å². The first-order chi connectivity index (χ1) is 17.2. The summed E-state index contributed by atoms with van der Waals surface area (Å²) in [5, 5.41) is 13.6. The van der Waals surface area contributed by atoms with Crippen molar-refractivity contribution in [3.8, 4) is 17.1 Å². The zero-order chi connectivity index (χ0) is 24.0. The molecule has 2 aromatic heterocycles. The van der Waals surface area contributed by atoms with Gasteiger partial charge in [0.25, 0.3) is 5.91 Å². The van der Waals surface area contributed by atoms with Crippen molar-refractivity contribution in [3.63, 3.8) is 0 Å². The third-order valence-corrected chi connectivity index (χ3v) is 6.04. The molecule has 0 atom stereocenters. The monoisotopic (exact) mass is 481 g/mol. The summed E-state index contributed by atoms with van der Waals surface area (Å²) in [6.45, 7) is 0. The average molecular weight is 482 g/mol. The number of thioether (sulfide) groups is 1. The van der Waals surface area contributed by atoms with Gasteiger partial charge in [-0.05, 0) is 24.3 Å². The SMILES string of the molecule is O=C(CSc1nnc(-c2ccccc2)n1-c1ccccc1)NN=Cc1coc2ccccc2c1=O. The Labute approximate surface area is 204 Å². The number of hydrogen-bond donors (Lipinski definition) is 1. The lowest BCUT2D eigenvalue weighted by Gasteiger charge is -2.10. The van der Waals surface area contributed by atoms with Crippen LogP contribution in [0, 0.1) is 0 Å². The molecular formula is C26H19N5O3S. The molecule has 0 unspecified atom stereocenters. The standard InChI is InChI=1S/C26H19N5O3S/c32-23(28-27-15-19-16-34-22-14-8-7-13-21(22)24(19)33)17-35-26-30-29-25(18-9-3-1-4-10-18)31(26)20-11-5-2-6-12-20/h1-16H,17H2,(H,28,32). The van der Waals surface area contributed by atoms with Gasteiger partial charge in [-0.15, -0.1) is 10.2 Å². The van der Waals surface area contributed by atoms with Crippen LogP contribution in [0.4, 0.5) is 0 Å². The highest BCUT2D eigenvalue weighted by Gasteiger charge is 2.17. The van der Waals surface area contributed by atoms with Crippen molar-refractivity contribution < 1.29 is 9.21 Å². The van der Waals surface area contributed by atoms with Crippen LogP contribution in [0.5, 0.6) is 0 Å². The van der Waals surface area contributed by atoms with Gasteiger partial charge in [-0.25, -0.2) is 5.43 Å². The predicted octanol–water partition coefficient (Wildman–Crippen LogP) is 4.28. The molecule has 0 fully saturated rings. The largest absolute Gasteiger partial charge is 0.463 e. The molecule has 8 nitrogen and oxygen atoms in total. The number of amides is 1. The number of benzene rings is 3. The van der Waals surface area contributed by atoms with Crippen LogP contribution in [-0.4, -0.2) is 32.6 Å². The summed E-state index contributed by atoms with van der Waals surface area (Å²) in [5.74, 6) is 0.393. The van der Waals surface area contributed by atoms with E-state index in [1.54, 1.807) is 24.3 Å². The van der Waals surface area contributed by atoms with Gasteiger partial charge in [0.1, 0.15) is 11.8 Å². The Bertz CT molecular complexity index is 1560. The van der Waals surface area contributed by atoms with Crippen molar-refractivity contribution in [3.05, 3.63) is 107 Å². The molecule has 2 heterocycles. The lowest BCUT2D eigenvalue weighted by atomic mass is 10.2. The molecule has 0 saturated carbocycles. The summed E-state index contributed by atoms with van der Waals surface area (Å²) in [6.07, 6.45) is 2.60. The smallest absolute Gasteiger partial charge is 0.250 e. The number of rotatable bonds is 7. The maximum Gasteiger partial charge on any atom is 0.250 e. The average Bonchev–Trinajstić information content (AvgIpc) is 3.34. The second-order valence-electron chi connectivity index (χ2n) is 7.44. The maximum absolute atomic E-state index is 12.5. The number of fused-ring (bicyclic) bond motifs is 1. The fraction of sp³-hybridized carbons (Fsp3) is 0.0385. The lowest BCUT2D eigenvalue weighted by Crippen LogP contribution is -2.20. The number of hydrazone groups is 1. The van der Waals surface area contributed by atoms with Gasteiger partial charge in [-0.2, -0.15) is 5.10 Å². The van der Waals surface area contributed by atoms with Crippen molar-refractivity contribution >= 4 is 34.9 Å². The Morgan fingerprint density at radius 1 is 0.971 bits per heavy atom. The molecule has 0 radical (unpaired) electrons. The van der Waals surface area contributed by atoms with Crippen LogP contribution in [0.15, 0.2) is 111 Å². The first-order valence-corrected chi connectivity index (χ1v) is 11.7. The van der Waals surface area contributed by atoms with E-state index in [-0.39, 0.29) is 22.7 Å². The molecule has 0 spiro atoms. The molecule has 1 N–H and O–H groups in total. The number of carbonyl (C=O) groups is 1. The molecule has 172 valence electrons. The van der Waals surface area contributed by atoms with E-state index in [0.717, 1.165) is 11.3 Å². The fourth-order valence-corrected chi connectivity index (χ4v) is 4.21. The Kier molecular flexibility index (Phi) is 6.49. The predicted molar refractivity (Wildman–Crippen MR) is 136 cm³/mol. The van der Waals surface area contributed by atoms with Gasteiger partial charge in [0, 0.05) is 11.3 Å². The molecule has 3 aromatic carbocycles. The molecule has 0 bridgehead atoms. The third-order valence-electron chi connectivity index (χ3n) is 5.11. The molecular weight excluding hydrogens is 462 g/mol. The minimum atomic E-state index is -0.347. The zero-order valence-corrected chi connectivity index (χ0v) is 19.2. The van der Waals surface area contributed by atoms with E-state index in [1.807, 2.05) is 65.2 Å². The van der Waals surface area contributed by atoms with E-state index in [0.29, 0.717) is 22.0 Å². The minimum Gasteiger partial charge on any atom is -0.463 e. The maximum atomic E-state index is 12.5. The molecule has 5 aromatic rings. The van der Waals surface area contributed by atoms with Crippen LogP contribution in [-0.2, 0) is 4.79 Å². The van der Waals surface area contributed by atoms with E-state index in [4.69, 9.17) is 4.42 Å². The zero-order valence-electron chi connectivity index (χ0n) is 18.4. The molecule has 5 rings (SSSR count). The van der Waals surface area contributed by atoms with Gasteiger partial charge >= 0.3 is 0 Å². The van der Waals surface area contributed by atoms with Gasteiger partial charge in [0.05, 0.1) is 22.9 Å². The minimum absolute atomic E-state index is 0.0590. The molecule has 0 aliphatic rings. The van der Waals surface area contributed by atoms with Crippen molar-refractivity contribution in [2.75, 3.05) is 5.75 Å². The lowest BCUT2D eigenvalue weighted by molar-refractivity contribution is -0.118. The highest BCUT2D eigenvalue weighted by Crippen LogP contribution is 2.27. The Morgan fingerprint density at radius 3 is 2.49 bits per heavy atom.